The van der Waals surface area contributed by atoms with Crippen LogP contribution < -0.4 is 10.6 Å². The quantitative estimate of drug-likeness (QED) is 0.930. The highest BCUT2D eigenvalue weighted by atomic mass is 15.3. The number of rotatable bonds is 4. The van der Waals surface area contributed by atoms with Crippen LogP contribution in [-0.2, 0) is 6.42 Å². The molecule has 0 spiro atoms. The van der Waals surface area contributed by atoms with Crippen LogP contribution >= 0.6 is 0 Å². The molecule has 1 saturated heterocycles. The second kappa shape index (κ2) is 5.44. The van der Waals surface area contributed by atoms with Gasteiger partial charge in [-0.2, -0.15) is 0 Å². The highest BCUT2D eigenvalue weighted by Crippen LogP contribution is 2.32. The van der Waals surface area contributed by atoms with Crippen LogP contribution in [0, 0.1) is 5.92 Å². The fourth-order valence-corrected chi connectivity index (χ4v) is 3.38. The molecule has 108 valence electrons. The molecule has 2 aromatic heterocycles. The third kappa shape index (κ3) is 2.18. The first-order valence-corrected chi connectivity index (χ1v) is 7.65. The summed E-state index contributed by atoms with van der Waals surface area (Å²) in [7, 11) is 0. The van der Waals surface area contributed by atoms with E-state index in [0.29, 0.717) is 18.5 Å². The highest BCUT2D eigenvalue weighted by Gasteiger charge is 2.30. The van der Waals surface area contributed by atoms with E-state index in [0.717, 1.165) is 24.4 Å². The average molecular weight is 272 g/mol. The first kappa shape index (κ1) is 13.4. The molecule has 0 amide bonds. The highest BCUT2D eigenvalue weighted by molar-refractivity contribution is 5.57. The van der Waals surface area contributed by atoms with Crippen LogP contribution in [0.5, 0.6) is 0 Å². The van der Waals surface area contributed by atoms with Gasteiger partial charge in [-0.05, 0) is 37.4 Å². The summed E-state index contributed by atoms with van der Waals surface area (Å²) in [5, 5.41) is 0. The molecule has 1 aliphatic rings. The minimum Gasteiger partial charge on any atom is -0.352 e. The minimum absolute atomic E-state index is 0.608. The van der Waals surface area contributed by atoms with Gasteiger partial charge in [0.25, 0.3) is 0 Å². The topological polar surface area (TPSA) is 46.6 Å². The summed E-state index contributed by atoms with van der Waals surface area (Å²) in [5.41, 5.74) is 8.10. The zero-order valence-corrected chi connectivity index (χ0v) is 12.4. The predicted octanol–water partition coefficient (Wildman–Crippen LogP) is 2.46. The molecule has 0 aromatic carbocycles. The maximum Gasteiger partial charge on any atom is 0.151 e. The summed E-state index contributed by atoms with van der Waals surface area (Å²) in [6, 6.07) is 6.78. The molecule has 2 N–H and O–H groups in total. The van der Waals surface area contributed by atoms with E-state index in [-0.39, 0.29) is 0 Å². The number of hydrogen-bond acceptors (Lipinski definition) is 3. The monoisotopic (exact) mass is 272 g/mol. The van der Waals surface area contributed by atoms with E-state index in [1.165, 1.54) is 18.5 Å². The Morgan fingerprint density at radius 3 is 3.00 bits per heavy atom. The Kier molecular flexibility index (Phi) is 3.66. The molecule has 1 fully saturated rings. The lowest BCUT2D eigenvalue weighted by molar-refractivity contribution is 0.489. The maximum absolute atomic E-state index is 5.81. The number of anilines is 1. The second-order valence-corrected chi connectivity index (χ2v) is 6.00. The van der Waals surface area contributed by atoms with Crippen LogP contribution in [-0.4, -0.2) is 28.5 Å². The van der Waals surface area contributed by atoms with Gasteiger partial charge in [0.2, 0.25) is 0 Å². The number of pyridine rings is 1. The normalized spacial score (nSPS) is 19.4. The molecule has 3 heterocycles. The van der Waals surface area contributed by atoms with Gasteiger partial charge in [0, 0.05) is 25.2 Å². The van der Waals surface area contributed by atoms with Gasteiger partial charge in [-0.25, -0.2) is 4.98 Å². The number of imidazole rings is 1. The van der Waals surface area contributed by atoms with Crippen molar-refractivity contribution in [2.45, 2.75) is 39.2 Å². The Morgan fingerprint density at radius 1 is 1.40 bits per heavy atom. The summed E-state index contributed by atoms with van der Waals surface area (Å²) in [5.74, 6) is 1.81. The molecule has 20 heavy (non-hydrogen) atoms. The van der Waals surface area contributed by atoms with Gasteiger partial charge >= 0.3 is 0 Å². The second-order valence-electron chi connectivity index (χ2n) is 6.00. The van der Waals surface area contributed by atoms with Gasteiger partial charge < -0.3 is 15.0 Å². The van der Waals surface area contributed by atoms with Crippen LogP contribution in [0.2, 0.25) is 0 Å². The van der Waals surface area contributed by atoms with Crippen molar-refractivity contribution in [3.8, 4) is 0 Å². The zero-order valence-electron chi connectivity index (χ0n) is 12.4. The smallest absolute Gasteiger partial charge is 0.151 e. The van der Waals surface area contributed by atoms with Crippen LogP contribution in [0.3, 0.4) is 0 Å². The van der Waals surface area contributed by atoms with Crippen LogP contribution in [0.1, 0.15) is 32.4 Å². The van der Waals surface area contributed by atoms with Gasteiger partial charge in [-0.1, -0.05) is 19.9 Å². The van der Waals surface area contributed by atoms with Crippen molar-refractivity contribution in [3.05, 3.63) is 30.1 Å². The third-order valence-corrected chi connectivity index (χ3v) is 4.33. The average Bonchev–Trinajstić information content (AvgIpc) is 3.04. The van der Waals surface area contributed by atoms with Gasteiger partial charge in [0.15, 0.2) is 5.82 Å². The number of fused-ring (bicyclic) bond motifs is 1. The molecule has 0 bridgehead atoms. The number of nitrogens with zero attached hydrogens (tertiary/aromatic N) is 3. The summed E-state index contributed by atoms with van der Waals surface area (Å²) >= 11 is 0. The summed E-state index contributed by atoms with van der Waals surface area (Å²) in [6.45, 7) is 6.39. The minimum atomic E-state index is 0.608. The van der Waals surface area contributed by atoms with Gasteiger partial charge in [-0.3, -0.25) is 0 Å². The maximum atomic E-state index is 5.81. The molecule has 3 rings (SSSR count). The molecule has 1 unspecified atom stereocenters. The molecule has 0 saturated carbocycles. The standard InChI is InChI=1S/C16H24N4/c1-12(2)13-6-5-11-20(13)16-14(8-9-17)19-10-4-3-7-15(19)18-16/h3-4,7,10,12-13H,5-6,8-9,11,17H2,1-2H3. The summed E-state index contributed by atoms with van der Waals surface area (Å²) < 4.78 is 2.19. The van der Waals surface area contributed by atoms with E-state index in [9.17, 15) is 0 Å². The van der Waals surface area contributed by atoms with Gasteiger partial charge in [-0.15, -0.1) is 0 Å². The molecule has 4 nitrogen and oxygen atoms in total. The SMILES string of the molecule is CC(C)C1CCCN1c1nc2ccccn2c1CCN. The third-order valence-electron chi connectivity index (χ3n) is 4.33. The Labute approximate surface area is 120 Å². The van der Waals surface area contributed by atoms with E-state index in [2.05, 4.69) is 41.5 Å². The van der Waals surface area contributed by atoms with Crippen molar-refractivity contribution < 1.29 is 0 Å². The van der Waals surface area contributed by atoms with E-state index >= 15 is 0 Å². The fourth-order valence-electron chi connectivity index (χ4n) is 3.38. The molecule has 4 heteroatoms. The first-order valence-electron chi connectivity index (χ1n) is 7.65. The predicted molar refractivity (Wildman–Crippen MR) is 83.2 cm³/mol. The Bertz CT molecular complexity index is 587. The van der Waals surface area contributed by atoms with E-state index in [1.54, 1.807) is 0 Å². The molecule has 2 aromatic rings. The van der Waals surface area contributed by atoms with Crippen LogP contribution in [0.25, 0.3) is 5.65 Å². The zero-order chi connectivity index (χ0) is 14.1. The Hall–Kier alpha value is -1.55. The molecule has 1 aliphatic heterocycles. The lowest BCUT2D eigenvalue weighted by Crippen LogP contribution is -2.34. The van der Waals surface area contributed by atoms with E-state index in [1.807, 2.05) is 6.07 Å². The number of hydrogen-bond donors (Lipinski definition) is 1. The molecular formula is C16H24N4. The van der Waals surface area contributed by atoms with Crippen LogP contribution in [0.4, 0.5) is 5.82 Å². The summed E-state index contributed by atoms with van der Waals surface area (Å²) in [6.07, 6.45) is 5.51. The van der Waals surface area contributed by atoms with Crippen molar-refractivity contribution in [3.63, 3.8) is 0 Å². The van der Waals surface area contributed by atoms with Crippen molar-refractivity contribution >= 4 is 11.5 Å². The molecule has 1 atom stereocenters. The molecule has 0 aliphatic carbocycles. The van der Waals surface area contributed by atoms with Crippen molar-refractivity contribution in [2.75, 3.05) is 18.0 Å². The summed E-state index contributed by atoms with van der Waals surface area (Å²) in [4.78, 5) is 7.38. The van der Waals surface area contributed by atoms with Gasteiger partial charge in [0.05, 0.1) is 5.69 Å². The Morgan fingerprint density at radius 2 is 2.25 bits per heavy atom. The van der Waals surface area contributed by atoms with Crippen molar-refractivity contribution in [1.29, 1.82) is 0 Å². The van der Waals surface area contributed by atoms with Crippen LogP contribution in [0.15, 0.2) is 24.4 Å². The molecule has 0 radical (unpaired) electrons. The van der Waals surface area contributed by atoms with Crippen molar-refractivity contribution in [1.82, 2.24) is 9.38 Å². The number of aromatic nitrogens is 2. The first-order chi connectivity index (χ1) is 9.72. The fraction of sp³-hybridized carbons (Fsp3) is 0.562. The van der Waals surface area contributed by atoms with E-state index in [4.69, 9.17) is 10.7 Å². The number of nitrogens with two attached hydrogens (primary N) is 1. The lowest BCUT2D eigenvalue weighted by atomic mass is 10.0. The lowest BCUT2D eigenvalue weighted by Gasteiger charge is -2.28. The Balaban J connectivity index is 2.08. The van der Waals surface area contributed by atoms with Gasteiger partial charge in [0.1, 0.15) is 5.65 Å². The van der Waals surface area contributed by atoms with Crippen molar-refractivity contribution in [2.24, 2.45) is 11.7 Å². The molecular weight excluding hydrogens is 248 g/mol. The van der Waals surface area contributed by atoms with E-state index < -0.39 is 0 Å². The largest absolute Gasteiger partial charge is 0.352 e.